The fourth-order valence-electron chi connectivity index (χ4n) is 5.50. The molecule has 0 rings (SSSR count). The van der Waals surface area contributed by atoms with E-state index in [0.29, 0.717) is 12.8 Å². The Kier molecular flexibility index (Phi) is 26.9. The minimum absolute atomic E-state index is 0.00821. The minimum atomic E-state index is -4.94. The third-order valence-corrected chi connectivity index (χ3v) is 9.85. The highest BCUT2D eigenvalue weighted by Gasteiger charge is 2.49. The van der Waals surface area contributed by atoms with Gasteiger partial charge in [-0.3, -0.25) is 18.6 Å². The molecular weight excluding hydrogens is 593 g/mol. The second-order valence-corrected chi connectivity index (χ2v) is 14.9. The molecule has 0 aromatic heterocycles. The first kappa shape index (κ1) is 44.3. The van der Waals surface area contributed by atoms with Gasteiger partial charge in [0.2, 0.25) is 5.60 Å². The summed E-state index contributed by atoms with van der Waals surface area (Å²) in [6.45, 7) is 7.09. The lowest BCUT2D eigenvalue weighted by atomic mass is 9.87. The number of hydrogen-bond acceptors (Lipinski definition) is 8. The summed E-state index contributed by atoms with van der Waals surface area (Å²) < 4.78 is 22.8. The van der Waals surface area contributed by atoms with Crippen LogP contribution in [0.15, 0.2) is 0 Å². The van der Waals surface area contributed by atoms with Crippen LogP contribution in [-0.2, 0) is 23.2 Å². The minimum Gasteiger partial charge on any atom is -0.394 e. The van der Waals surface area contributed by atoms with Crippen LogP contribution in [0.1, 0.15) is 169 Å². The van der Waals surface area contributed by atoms with Crippen LogP contribution in [0, 0.1) is 11.8 Å². The number of carbonyl (C=O) groups excluding carboxylic acids is 2. The summed E-state index contributed by atoms with van der Waals surface area (Å²) in [4.78, 5) is 37.2. The highest BCUT2D eigenvalue weighted by atomic mass is 31.2. The van der Waals surface area contributed by atoms with Crippen molar-refractivity contribution in [2.45, 2.75) is 181 Å². The molecule has 0 saturated carbocycles. The van der Waals surface area contributed by atoms with Gasteiger partial charge in [-0.25, -0.2) is 4.57 Å². The van der Waals surface area contributed by atoms with Gasteiger partial charge in [0.05, 0.1) is 13.2 Å². The lowest BCUT2D eigenvalue weighted by Gasteiger charge is -2.31. The van der Waals surface area contributed by atoms with Gasteiger partial charge in [0.25, 0.3) is 0 Å². The number of aliphatic hydroxyl groups excluding tert-OH is 2. The van der Waals surface area contributed by atoms with Gasteiger partial charge < -0.3 is 20.8 Å². The number of unbranched alkanes of at least 4 members (excludes halogenated alkanes) is 15. The van der Waals surface area contributed by atoms with Gasteiger partial charge in [-0.1, -0.05) is 143 Å². The summed E-state index contributed by atoms with van der Waals surface area (Å²) >= 11 is 0. The highest BCUT2D eigenvalue weighted by Crippen LogP contribution is 2.48. The van der Waals surface area contributed by atoms with Crippen molar-refractivity contribution < 1.29 is 38.3 Å². The van der Waals surface area contributed by atoms with Gasteiger partial charge in [-0.2, -0.15) is 0 Å². The molecule has 0 aromatic rings. The molecule has 9 nitrogen and oxygen atoms in total. The number of phosphoric acid groups is 1. The van der Waals surface area contributed by atoms with Crippen molar-refractivity contribution in [2.75, 3.05) is 19.8 Å². The Bertz CT molecular complexity index is 796. The summed E-state index contributed by atoms with van der Waals surface area (Å²) in [6.07, 6.45) is 20.3. The van der Waals surface area contributed by atoms with E-state index in [9.17, 15) is 24.2 Å². The molecule has 0 amide bonds. The number of hydrogen-bond donors (Lipinski definition) is 4. The summed E-state index contributed by atoms with van der Waals surface area (Å²) in [6, 6.07) is 0. The SMILES string of the molecule is CCC(C)CCCCCCCCCCC(=O)C(CN)(OP(=O)(O)OC[C@H](O)CO)C(=O)CCCCCCCCCCCC(C)C. The predicted molar refractivity (Wildman–Crippen MR) is 183 cm³/mol. The van der Waals surface area contributed by atoms with Gasteiger partial charge in [0.15, 0.2) is 11.6 Å². The number of rotatable bonds is 33. The maximum Gasteiger partial charge on any atom is 0.473 e. The standard InChI is InChI=1S/C35H70NO8P/c1-5-31(4)24-20-16-12-9-10-14-18-22-26-34(40)35(29-36,44-45(41,42)43-28-32(38)27-37)33(39)25-21-17-13-8-6-7-11-15-19-23-30(2)3/h30-32,37-38H,5-29,36H2,1-4H3,(H,41,42)/t31?,32-,35?/m1/s1. The van der Waals surface area contributed by atoms with E-state index < -0.39 is 50.9 Å². The molecular formula is C35H70NO8P. The lowest BCUT2D eigenvalue weighted by Crippen LogP contribution is -2.54. The van der Waals surface area contributed by atoms with Crippen molar-refractivity contribution in [3.05, 3.63) is 0 Å². The molecule has 0 fully saturated rings. The highest BCUT2D eigenvalue weighted by molar-refractivity contribution is 7.47. The quantitative estimate of drug-likeness (QED) is 0.0309. The van der Waals surface area contributed by atoms with E-state index in [1.807, 2.05) is 0 Å². The van der Waals surface area contributed by atoms with Crippen LogP contribution in [0.5, 0.6) is 0 Å². The van der Waals surface area contributed by atoms with Gasteiger partial charge in [-0.05, 0) is 24.7 Å². The van der Waals surface area contributed by atoms with Gasteiger partial charge in [0.1, 0.15) is 6.10 Å². The number of carbonyl (C=O) groups is 2. The van der Waals surface area contributed by atoms with E-state index in [2.05, 4.69) is 27.7 Å². The largest absolute Gasteiger partial charge is 0.473 e. The Balaban J connectivity index is 4.82. The zero-order valence-electron chi connectivity index (χ0n) is 29.3. The number of aliphatic hydroxyl groups is 2. The van der Waals surface area contributed by atoms with Crippen LogP contribution in [0.3, 0.4) is 0 Å². The number of Topliss-reactive ketones (excluding diaryl/α,β-unsaturated/α-hetero) is 2. The molecule has 10 heteroatoms. The van der Waals surface area contributed by atoms with Crippen molar-refractivity contribution in [1.82, 2.24) is 0 Å². The summed E-state index contributed by atoms with van der Waals surface area (Å²) in [5.41, 5.74) is 3.65. The van der Waals surface area contributed by atoms with E-state index in [1.54, 1.807) is 0 Å². The maximum absolute atomic E-state index is 13.4. The molecule has 3 unspecified atom stereocenters. The molecule has 0 radical (unpaired) electrons. The monoisotopic (exact) mass is 663 g/mol. The Morgan fingerprint density at radius 2 is 1.13 bits per heavy atom. The average molecular weight is 664 g/mol. The van der Waals surface area contributed by atoms with Crippen molar-refractivity contribution in [1.29, 1.82) is 0 Å². The first-order chi connectivity index (χ1) is 21.4. The fourth-order valence-corrected chi connectivity index (χ4v) is 6.59. The third kappa shape index (κ3) is 22.5. The first-order valence-electron chi connectivity index (χ1n) is 18.2. The number of nitrogens with two attached hydrogens (primary N) is 1. The summed E-state index contributed by atoms with van der Waals surface area (Å²) in [7, 11) is -4.94. The van der Waals surface area contributed by atoms with Crippen molar-refractivity contribution in [2.24, 2.45) is 17.6 Å². The molecule has 268 valence electrons. The van der Waals surface area contributed by atoms with Crippen LogP contribution in [0.2, 0.25) is 0 Å². The molecule has 4 atom stereocenters. The molecule has 0 bridgehead atoms. The zero-order valence-corrected chi connectivity index (χ0v) is 30.2. The van der Waals surface area contributed by atoms with Crippen LogP contribution in [-0.4, -0.2) is 58.1 Å². The first-order valence-corrected chi connectivity index (χ1v) is 19.7. The van der Waals surface area contributed by atoms with E-state index in [4.69, 9.17) is 19.9 Å². The zero-order chi connectivity index (χ0) is 34.0. The molecule has 0 aliphatic rings. The van der Waals surface area contributed by atoms with E-state index in [-0.39, 0.29) is 12.8 Å². The summed E-state index contributed by atoms with van der Waals surface area (Å²) in [5.74, 6) is 0.328. The van der Waals surface area contributed by atoms with Crippen molar-refractivity contribution in [3.8, 4) is 0 Å². The Morgan fingerprint density at radius 3 is 1.51 bits per heavy atom. The molecule has 0 spiro atoms. The Morgan fingerprint density at radius 1 is 0.733 bits per heavy atom. The van der Waals surface area contributed by atoms with Gasteiger partial charge in [-0.15, -0.1) is 0 Å². The second kappa shape index (κ2) is 27.3. The predicted octanol–water partition coefficient (Wildman–Crippen LogP) is 8.20. The topological polar surface area (TPSA) is 156 Å². The number of phosphoric ester groups is 1. The number of ketones is 2. The molecule has 0 aromatic carbocycles. The maximum atomic E-state index is 13.4. The van der Waals surface area contributed by atoms with Crippen molar-refractivity contribution in [3.63, 3.8) is 0 Å². The molecule has 45 heavy (non-hydrogen) atoms. The lowest BCUT2D eigenvalue weighted by molar-refractivity contribution is -0.149. The van der Waals surface area contributed by atoms with Crippen LogP contribution >= 0.6 is 7.82 Å². The van der Waals surface area contributed by atoms with E-state index in [0.717, 1.165) is 63.2 Å². The Hall–Kier alpha value is -0.670. The van der Waals surface area contributed by atoms with E-state index in [1.165, 1.54) is 64.2 Å². The third-order valence-electron chi connectivity index (χ3n) is 8.83. The molecule has 0 saturated heterocycles. The van der Waals surface area contributed by atoms with Crippen LogP contribution < -0.4 is 5.73 Å². The Labute approximate surface area is 275 Å². The van der Waals surface area contributed by atoms with Crippen molar-refractivity contribution >= 4 is 19.4 Å². The molecule has 5 N–H and O–H groups in total. The normalized spacial score (nSPS) is 15.9. The van der Waals surface area contributed by atoms with E-state index >= 15 is 0 Å². The smallest absolute Gasteiger partial charge is 0.394 e. The van der Waals surface area contributed by atoms with Crippen LogP contribution in [0.25, 0.3) is 0 Å². The van der Waals surface area contributed by atoms with Gasteiger partial charge in [0, 0.05) is 19.4 Å². The summed E-state index contributed by atoms with van der Waals surface area (Å²) in [5, 5.41) is 18.5. The molecule has 0 aliphatic heterocycles. The molecule has 0 aliphatic carbocycles. The fraction of sp³-hybridized carbons (Fsp3) is 0.943. The van der Waals surface area contributed by atoms with Gasteiger partial charge >= 0.3 is 7.82 Å². The average Bonchev–Trinajstić information content (AvgIpc) is 3.01. The van der Waals surface area contributed by atoms with Crippen LogP contribution in [0.4, 0.5) is 0 Å². The molecule has 0 heterocycles. The second-order valence-electron chi connectivity index (χ2n) is 13.6.